The van der Waals surface area contributed by atoms with Crippen molar-refractivity contribution in [2.24, 2.45) is 0 Å². The Bertz CT molecular complexity index is 547. The minimum atomic E-state index is -0.845. The van der Waals surface area contributed by atoms with Crippen LogP contribution in [0.4, 0.5) is 5.69 Å². The van der Waals surface area contributed by atoms with Crippen molar-refractivity contribution in [3.63, 3.8) is 0 Å². The summed E-state index contributed by atoms with van der Waals surface area (Å²) in [5.74, 6) is -1.33. The molecule has 1 aromatic rings. The van der Waals surface area contributed by atoms with Gasteiger partial charge in [0.05, 0.1) is 15.5 Å². The van der Waals surface area contributed by atoms with E-state index in [-0.39, 0.29) is 22.7 Å². The topological polar surface area (TPSA) is 110 Å². The highest BCUT2D eigenvalue weighted by atomic mass is 35.5. The van der Waals surface area contributed by atoms with Crippen LogP contribution in [0, 0.1) is 10.1 Å². The summed E-state index contributed by atoms with van der Waals surface area (Å²) in [5.41, 5.74) is -0.151. The van der Waals surface area contributed by atoms with E-state index in [1.54, 1.807) is 0 Å². The number of halogens is 1. The minimum Gasteiger partial charge on any atom is -0.481 e. The summed E-state index contributed by atoms with van der Waals surface area (Å²) in [7, 11) is 0. The highest BCUT2D eigenvalue weighted by Crippen LogP contribution is 2.21. The lowest BCUT2D eigenvalue weighted by Gasteiger charge is -2.06. The molecule has 2 N–H and O–H groups in total. The number of nitrogens with one attached hydrogen (secondary N) is 1. The van der Waals surface area contributed by atoms with Crippen LogP contribution in [0.3, 0.4) is 0 Å². The van der Waals surface area contributed by atoms with E-state index in [2.05, 4.69) is 5.32 Å². The van der Waals surface area contributed by atoms with Crippen LogP contribution >= 0.6 is 11.6 Å². The Labute approximate surface area is 126 Å². The van der Waals surface area contributed by atoms with Gasteiger partial charge in [0.2, 0.25) is 0 Å². The fourth-order valence-corrected chi connectivity index (χ4v) is 1.88. The molecule has 7 nitrogen and oxygen atoms in total. The van der Waals surface area contributed by atoms with Crippen molar-refractivity contribution >= 4 is 29.2 Å². The monoisotopic (exact) mass is 314 g/mol. The highest BCUT2D eigenvalue weighted by Gasteiger charge is 2.15. The number of rotatable bonds is 8. The van der Waals surface area contributed by atoms with Gasteiger partial charge in [-0.25, -0.2) is 0 Å². The highest BCUT2D eigenvalue weighted by molar-refractivity contribution is 6.33. The molecule has 8 heteroatoms. The molecule has 0 heterocycles. The summed E-state index contributed by atoms with van der Waals surface area (Å²) < 4.78 is 0. The van der Waals surface area contributed by atoms with Gasteiger partial charge in [0.1, 0.15) is 0 Å². The summed E-state index contributed by atoms with van der Waals surface area (Å²) in [6.07, 6.45) is 1.95. The number of carboxylic acids is 1. The molecule has 0 aromatic heterocycles. The van der Waals surface area contributed by atoms with Crippen molar-refractivity contribution in [1.82, 2.24) is 5.32 Å². The fourth-order valence-electron chi connectivity index (χ4n) is 1.68. The van der Waals surface area contributed by atoms with E-state index in [4.69, 9.17) is 16.7 Å². The Morgan fingerprint density at radius 1 is 1.29 bits per heavy atom. The lowest BCUT2D eigenvalue weighted by atomic mass is 10.1. The molecule has 1 rings (SSSR count). The zero-order chi connectivity index (χ0) is 15.8. The minimum absolute atomic E-state index is 0.0522. The van der Waals surface area contributed by atoms with Crippen molar-refractivity contribution in [3.8, 4) is 0 Å². The van der Waals surface area contributed by atoms with E-state index < -0.39 is 16.8 Å². The quantitative estimate of drug-likeness (QED) is 0.435. The smallest absolute Gasteiger partial charge is 0.303 e. The number of benzene rings is 1. The molecule has 0 atom stereocenters. The van der Waals surface area contributed by atoms with Gasteiger partial charge in [0.25, 0.3) is 11.6 Å². The first-order valence-electron chi connectivity index (χ1n) is 6.35. The molecule has 1 aromatic carbocycles. The van der Waals surface area contributed by atoms with Crippen molar-refractivity contribution in [2.45, 2.75) is 25.7 Å². The van der Waals surface area contributed by atoms with Gasteiger partial charge in [-0.15, -0.1) is 0 Å². The van der Waals surface area contributed by atoms with Crippen molar-refractivity contribution < 1.29 is 19.6 Å². The SMILES string of the molecule is O=C(O)CCCCCNC(=O)c1cc([N+](=O)[O-])ccc1Cl. The number of carbonyl (C=O) groups excluding carboxylic acids is 1. The Kier molecular flexibility index (Phi) is 6.61. The first-order chi connectivity index (χ1) is 9.91. The Morgan fingerprint density at radius 2 is 2.00 bits per heavy atom. The number of aliphatic carboxylic acids is 1. The van der Waals surface area contributed by atoms with Gasteiger partial charge in [-0.2, -0.15) is 0 Å². The number of non-ortho nitro benzene ring substituents is 1. The van der Waals surface area contributed by atoms with E-state index in [0.29, 0.717) is 25.8 Å². The van der Waals surface area contributed by atoms with Gasteiger partial charge in [-0.3, -0.25) is 19.7 Å². The molecule has 0 aliphatic heterocycles. The molecule has 114 valence electrons. The Balaban J connectivity index is 2.47. The van der Waals surface area contributed by atoms with Crippen LogP contribution in [0.5, 0.6) is 0 Å². The molecular weight excluding hydrogens is 300 g/mol. The van der Waals surface area contributed by atoms with Crippen LogP contribution in [0.25, 0.3) is 0 Å². The van der Waals surface area contributed by atoms with Crippen LogP contribution in [0.15, 0.2) is 18.2 Å². The van der Waals surface area contributed by atoms with Gasteiger partial charge in [0.15, 0.2) is 0 Å². The summed E-state index contributed by atoms with van der Waals surface area (Å²) in [4.78, 5) is 32.2. The normalized spacial score (nSPS) is 10.1. The second kappa shape index (κ2) is 8.21. The maximum absolute atomic E-state index is 11.9. The largest absolute Gasteiger partial charge is 0.481 e. The third-order valence-electron chi connectivity index (χ3n) is 2.76. The summed E-state index contributed by atoms with van der Waals surface area (Å²) in [6, 6.07) is 3.66. The average molecular weight is 315 g/mol. The van der Waals surface area contributed by atoms with Crippen molar-refractivity contribution in [1.29, 1.82) is 0 Å². The molecule has 0 radical (unpaired) electrons. The zero-order valence-corrected chi connectivity index (χ0v) is 11.9. The second-order valence-electron chi connectivity index (χ2n) is 4.38. The molecule has 0 aliphatic carbocycles. The molecule has 0 aliphatic rings. The first-order valence-corrected chi connectivity index (χ1v) is 6.73. The molecule has 0 saturated heterocycles. The number of unbranched alkanes of at least 4 members (excludes halogenated alkanes) is 2. The van der Waals surface area contributed by atoms with E-state index in [9.17, 15) is 19.7 Å². The molecule has 0 fully saturated rings. The lowest BCUT2D eigenvalue weighted by molar-refractivity contribution is -0.384. The summed E-state index contributed by atoms with van der Waals surface area (Å²) in [6.45, 7) is 0.359. The maximum Gasteiger partial charge on any atom is 0.303 e. The fraction of sp³-hybridized carbons (Fsp3) is 0.385. The standard InChI is InChI=1S/C13H15ClN2O5/c14-11-6-5-9(16(20)21)8-10(11)13(19)15-7-3-1-2-4-12(17)18/h5-6,8H,1-4,7H2,(H,15,19)(H,17,18). The number of carbonyl (C=O) groups is 2. The van der Waals surface area contributed by atoms with Crippen LogP contribution < -0.4 is 5.32 Å². The third-order valence-corrected chi connectivity index (χ3v) is 3.09. The number of nitro groups is 1. The third kappa shape index (κ3) is 5.78. The Morgan fingerprint density at radius 3 is 2.62 bits per heavy atom. The number of amides is 1. The molecule has 0 unspecified atom stereocenters. The van der Waals surface area contributed by atoms with Gasteiger partial charge in [-0.1, -0.05) is 18.0 Å². The van der Waals surface area contributed by atoms with Gasteiger partial charge >= 0.3 is 5.97 Å². The molecular formula is C13H15ClN2O5. The zero-order valence-electron chi connectivity index (χ0n) is 11.2. The van der Waals surface area contributed by atoms with Crippen molar-refractivity contribution in [3.05, 3.63) is 38.9 Å². The lowest BCUT2D eigenvalue weighted by Crippen LogP contribution is -2.24. The van der Waals surface area contributed by atoms with E-state index in [0.717, 1.165) is 6.07 Å². The number of nitro benzene ring substituents is 1. The van der Waals surface area contributed by atoms with Crippen molar-refractivity contribution in [2.75, 3.05) is 6.54 Å². The number of hydrogen-bond donors (Lipinski definition) is 2. The van der Waals surface area contributed by atoms with E-state index in [1.165, 1.54) is 12.1 Å². The van der Waals surface area contributed by atoms with E-state index in [1.807, 2.05) is 0 Å². The molecule has 21 heavy (non-hydrogen) atoms. The predicted molar refractivity (Wildman–Crippen MR) is 76.5 cm³/mol. The maximum atomic E-state index is 11.9. The molecule has 0 spiro atoms. The van der Waals surface area contributed by atoms with Gasteiger partial charge in [-0.05, 0) is 18.9 Å². The molecule has 0 saturated carbocycles. The van der Waals surface area contributed by atoms with Crippen LogP contribution in [0.2, 0.25) is 5.02 Å². The van der Waals surface area contributed by atoms with Crippen LogP contribution in [0.1, 0.15) is 36.0 Å². The summed E-state index contributed by atoms with van der Waals surface area (Å²) >= 11 is 5.84. The molecule has 1 amide bonds. The Hall–Kier alpha value is -2.15. The first kappa shape index (κ1) is 16.9. The number of nitrogens with zero attached hydrogens (tertiary/aromatic N) is 1. The summed E-state index contributed by atoms with van der Waals surface area (Å²) in [5, 5.41) is 21.9. The number of carboxylic acid groups (broad SMARTS) is 1. The van der Waals surface area contributed by atoms with Gasteiger partial charge < -0.3 is 10.4 Å². The van der Waals surface area contributed by atoms with Gasteiger partial charge in [0, 0.05) is 25.1 Å². The number of hydrogen-bond acceptors (Lipinski definition) is 4. The molecule has 0 bridgehead atoms. The van der Waals surface area contributed by atoms with Crippen LogP contribution in [-0.4, -0.2) is 28.5 Å². The average Bonchev–Trinajstić information content (AvgIpc) is 2.42. The van der Waals surface area contributed by atoms with E-state index >= 15 is 0 Å². The van der Waals surface area contributed by atoms with Crippen LogP contribution in [-0.2, 0) is 4.79 Å². The second-order valence-corrected chi connectivity index (χ2v) is 4.79. The predicted octanol–water partition coefficient (Wildman–Crippen LogP) is 2.62.